The van der Waals surface area contributed by atoms with E-state index in [0.717, 1.165) is 0 Å². The Labute approximate surface area is 101 Å². The van der Waals surface area contributed by atoms with Crippen LogP contribution in [0.15, 0.2) is 41.1 Å². The summed E-state index contributed by atoms with van der Waals surface area (Å²) >= 11 is 3.25. The van der Waals surface area contributed by atoms with Crippen molar-refractivity contribution in [3.8, 4) is 0 Å². The zero-order valence-electron chi connectivity index (χ0n) is 8.64. The Balaban J connectivity index is 2.17. The summed E-state index contributed by atoms with van der Waals surface area (Å²) in [4.78, 5) is 15.9. The van der Waals surface area contributed by atoms with Gasteiger partial charge in [0.1, 0.15) is 16.1 Å². The number of amides is 1. The maximum atomic E-state index is 11.8. The van der Waals surface area contributed by atoms with E-state index in [1.807, 2.05) is 25.4 Å². The summed E-state index contributed by atoms with van der Waals surface area (Å²) in [5.41, 5.74) is 0.599. The molecule has 0 aliphatic carbocycles. The molecule has 2 aromatic heterocycles. The SMILES string of the molecule is Cn1cccc1C(=O)Nc1cccc(Br)n1. The van der Waals surface area contributed by atoms with E-state index in [-0.39, 0.29) is 5.91 Å². The fraction of sp³-hybridized carbons (Fsp3) is 0.0909. The fourth-order valence-corrected chi connectivity index (χ4v) is 1.70. The number of rotatable bonds is 2. The molecule has 0 aliphatic rings. The molecule has 0 saturated heterocycles. The highest BCUT2D eigenvalue weighted by Gasteiger charge is 2.09. The molecular weight excluding hydrogens is 270 g/mol. The molecule has 0 fully saturated rings. The van der Waals surface area contributed by atoms with Crippen LogP contribution in [0.25, 0.3) is 0 Å². The van der Waals surface area contributed by atoms with E-state index in [2.05, 4.69) is 26.2 Å². The molecule has 0 bridgehead atoms. The van der Waals surface area contributed by atoms with Crippen molar-refractivity contribution in [1.29, 1.82) is 0 Å². The second-order valence-corrected chi connectivity index (χ2v) is 4.12. The molecule has 0 aromatic carbocycles. The molecule has 82 valence electrons. The number of nitrogens with zero attached hydrogens (tertiary/aromatic N) is 2. The Morgan fingerprint density at radius 2 is 2.19 bits per heavy atom. The third-order valence-electron chi connectivity index (χ3n) is 2.13. The lowest BCUT2D eigenvalue weighted by Gasteiger charge is -2.05. The molecule has 2 heterocycles. The largest absolute Gasteiger partial charge is 0.347 e. The van der Waals surface area contributed by atoms with Crippen molar-refractivity contribution in [3.05, 3.63) is 46.8 Å². The maximum absolute atomic E-state index is 11.8. The molecule has 1 N–H and O–H groups in total. The van der Waals surface area contributed by atoms with Gasteiger partial charge in [-0.05, 0) is 40.2 Å². The summed E-state index contributed by atoms with van der Waals surface area (Å²) in [6.45, 7) is 0. The van der Waals surface area contributed by atoms with Crippen molar-refractivity contribution in [1.82, 2.24) is 9.55 Å². The van der Waals surface area contributed by atoms with Crippen molar-refractivity contribution >= 4 is 27.7 Å². The zero-order valence-corrected chi connectivity index (χ0v) is 10.2. The minimum atomic E-state index is -0.168. The number of carbonyl (C=O) groups excluding carboxylic acids is 1. The number of aromatic nitrogens is 2. The molecule has 0 atom stereocenters. The molecule has 0 spiro atoms. The van der Waals surface area contributed by atoms with E-state index in [9.17, 15) is 4.79 Å². The molecule has 4 nitrogen and oxygen atoms in total. The molecule has 0 aliphatic heterocycles. The van der Waals surface area contributed by atoms with Crippen LogP contribution in [0.2, 0.25) is 0 Å². The molecule has 2 rings (SSSR count). The Bertz CT molecular complexity index is 521. The number of halogens is 1. The van der Waals surface area contributed by atoms with Gasteiger partial charge in [0, 0.05) is 13.2 Å². The number of pyridine rings is 1. The first-order valence-electron chi connectivity index (χ1n) is 4.72. The monoisotopic (exact) mass is 279 g/mol. The highest BCUT2D eigenvalue weighted by atomic mass is 79.9. The summed E-state index contributed by atoms with van der Waals surface area (Å²) in [5, 5.41) is 2.73. The Kier molecular flexibility index (Phi) is 3.05. The first kappa shape index (κ1) is 10.9. The first-order valence-corrected chi connectivity index (χ1v) is 5.51. The standard InChI is InChI=1S/C11H10BrN3O/c1-15-7-3-4-8(15)11(16)14-10-6-2-5-9(12)13-10/h2-7H,1H3,(H,13,14,16). The van der Waals surface area contributed by atoms with Gasteiger partial charge in [0.25, 0.3) is 5.91 Å². The van der Waals surface area contributed by atoms with Crippen molar-refractivity contribution in [2.24, 2.45) is 7.05 Å². The van der Waals surface area contributed by atoms with Crippen LogP contribution in [0, 0.1) is 0 Å². The molecule has 16 heavy (non-hydrogen) atoms. The lowest BCUT2D eigenvalue weighted by Crippen LogP contribution is -2.16. The molecule has 5 heteroatoms. The summed E-state index contributed by atoms with van der Waals surface area (Å²) in [6.07, 6.45) is 1.82. The Morgan fingerprint density at radius 1 is 1.38 bits per heavy atom. The van der Waals surface area contributed by atoms with Crippen LogP contribution < -0.4 is 5.32 Å². The molecular formula is C11H10BrN3O. The van der Waals surface area contributed by atoms with Crippen molar-refractivity contribution in [2.45, 2.75) is 0 Å². The zero-order chi connectivity index (χ0) is 11.5. The minimum absolute atomic E-state index is 0.168. The van der Waals surface area contributed by atoms with Gasteiger partial charge in [-0.1, -0.05) is 6.07 Å². The predicted octanol–water partition coefficient (Wildman–Crippen LogP) is 2.43. The lowest BCUT2D eigenvalue weighted by molar-refractivity contribution is 0.101. The van der Waals surface area contributed by atoms with Crippen molar-refractivity contribution < 1.29 is 4.79 Å². The molecule has 0 saturated carbocycles. The number of carbonyl (C=O) groups is 1. The summed E-state index contributed by atoms with van der Waals surface area (Å²) in [5.74, 6) is 0.360. The van der Waals surface area contributed by atoms with Crippen LogP contribution in [0.5, 0.6) is 0 Å². The summed E-state index contributed by atoms with van der Waals surface area (Å²) in [6, 6.07) is 8.94. The number of hydrogen-bond acceptors (Lipinski definition) is 2. The third kappa shape index (κ3) is 2.30. The quantitative estimate of drug-likeness (QED) is 0.859. The van der Waals surface area contributed by atoms with Crippen LogP contribution in [-0.4, -0.2) is 15.5 Å². The van der Waals surface area contributed by atoms with Gasteiger partial charge < -0.3 is 9.88 Å². The average molecular weight is 280 g/mol. The van der Waals surface area contributed by atoms with Crippen molar-refractivity contribution in [3.63, 3.8) is 0 Å². The van der Waals surface area contributed by atoms with Crippen LogP contribution >= 0.6 is 15.9 Å². The molecule has 0 unspecified atom stereocenters. The summed E-state index contributed by atoms with van der Waals surface area (Å²) < 4.78 is 2.45. The van der Waals surface area contributed by atoms with Crippen molar-refractivity contribution in [2.75, 3.05) is 5.32 Å². The average Bonchev–Trinajstić information content (AvgIpc) is 2.64. The van der Waals surface area contributed by atoms with Crippen LogP contribution in [0.3, 0.4) is 0 Å². The smallest absolute Gasteiger partial charge is 0.273 e. The van der Waals surface area contributed by atoms with E-state index in [1.54, 1.807) is 22.8 Å². The number of nitrogens with one attached hydrogen (secondary N) is 1. The molecule has 1 amide bonds. The minimum Gasteiger partial charge on any atom is -0.347 e. The van der Waals surface area contributed by atoms with Gasteiger partial charge in [-0.15, -0.1) is 0 Å². The maximum Gasteiger partial charge on any atom is 0.273 e. The van der Waals surface area contributed by atoms with Gasteiger partial charge in [-0.3, -0.25) is 4.79 Å². The molecule has 0 radical (unpaired) electrons. The van der Waals surface area contributed by atoms with E-state index < -0.39 is 0 Å². The van der Waals surface area contributed by atoms with Gasteiger partial charge in [0.2, 0.25) is 0 Å². The first-order chi connectivity index (χ1) is 7.66. The Morgan fingerprint density at radius 3 is 2.81 bits per heavy atom. The van der Waals surface area contributed by atoms with E-state index in [1.165, 1.54) is 0 Å². The van der Waals surface area contributed by atoms with Gasteiger partial charge in [-0.25, -0.2) is 4.98 Å². The van der Waals surface area contributed by atoms with Gasteiger partial charge in [-0.2, -0.15) is 0 Å². The van der Waals surface area contributed by atoms with E-state index in [0.29, 0.717) is 16.1 Å². The molecule has 2 aromatic rings. The lowest BCUT2D eigenvalue weighted by atomic mass is 10.4. The topological polar surface area (TPSA) is 46.9 Å². The fourth-order valence-electron chi connectivity index (χ4n) is 1.36. The second kappa shape index (κ2) is 4.49. The highest BCUT2D eigenvalue weighted by Crippen LogP contribution is 2.11. The van der Waals surface area contributed by atoms with Gasteiger partial charge in [0.15, 0.2) is 0 Å². The third-order valence-corrected chi connectivity index (χ3v) is 2.57. The Hall–Kier alpha value is -1.62. The van der Waals surface area contributed by atoms with E-state index in [4.69, 9.17) is 0 Å². The van der Waals surface area contributed by atoms with Crippen LogP contribution in [0.4, 0.5) is 5.82 Å². The van der Waals surface area contributed by atoms with Crippen LogP contribution in [-0.2, 0) is 7.05 Å². The number of aryl methyl sites for hydroxylation is 1. The highest BCUT2D eigenvalue weighted by molar-refractivity contribution is 9.10. The van der Waals surface area contributed by atoms with E-state index >= 15 is 0 Å². The normalized spacial score (nSPS) is 10.1. The summed E-state index contributed by atoms with van der Waals surface area (Å²) in [7, 11) is 1.82. The number of hydrogen-bond donors (Lipinski definition) is 1. The van der Waals surface area contributed by atoms with Crippen LogP contribution in [0.1, 0.15) is 10.5 Å². The second-order valence-electron chi connectivity index (χ2n) is 3.30. The predicted molar refractivity (Wildman–Crippen MR) is 65.3 cm³/mol. The number of anilines is 1. The van der Waals surface area contributed by atoms with Gasteiger partial charge >= 0.3 is 0 Å². The van der Waals surface area contributed by atoms with Gasteiger partial charge in [0.05, 0.1) is 0 Å².